The van der Waals surface area contributed by atoms with Crippen molar-refractivity contribution in [1.29, 1.82) is 0 Å². The minimum Gasteiger partial charge on any atom is -0.449 e. The van der Waals surface area contributed by atoms with Gasteiger partial charge in [-0.15, -0.1) is 0 Å². The van der Waals surface area contributed by atoms with E-state index in [1.165, 1.54) is 0 Å². The normalized spacial score (nSPS) is 15.4. The fourth-order valence-electron chi connectivity index (χ4n) is 3.43. The second-order valence-corrected chi connectivity index (χ2v) is 7.03. The summed E-state index contributed by atoms with van der Waals surface area (Å²) in [5.41, 5.74) is 0.941. The molecule has 2 aromatic carbocycles. The first kappa shape index (κ1) is 19.8. The van der Waals surface area contributed by atoms with Crippen molar-refractivity contribution in [2.75, 3.05) is 13.1 Å². The average molecular weight is 379 g/mol. The Balaban J connectivity index is 1.74. The second-order valence-electron chi connectivity index (χ2n) is 7.03. The highest BCUT2D eigenvalue weighted by Crippen LogP contribution is 2.18. The predicted octanol–water partition coefficient (Wildman–Crippen LogP) is 3.87. The van der Waals surface area contributed by atoms with Crippen LogP contribution >= 0.6 is 0 Å². The van der Waals surface area contributed by atoms with Gasteiger partial charge in [-0.05, 0) is 25.8 Å². The maximum Gasteiger partial charge on any atom is 0.339 e. The summed E-state index contributed by atoms with van der Waals surface area (Å²) >= 11 is 0. The Hall–Kier alpha value is -2.95. The maximum atomic E-state index is 12.8. The van der Waals surface area contributed by atoms with Crippen molar-refractivity contribution in [3.63, 3.8) is 0 Å². The first-order valence-corrected chi connectivity index (χ1v) is 9.76. The highest BCUT2D eigenvalue weighted by atomic mass is 16.5. The van der Waals surface area contributed by atoms with Crippen molar-refractivity contribution in [1.82, 2.24) is 4.90 Å². The van der Waals surface area contributed by atoms with Gasteiger partial charge in [0.2, 0.25) is 0 Å². The Morgan fingerprint density at radius 1 is 0.821 bits per heavy atom. The Morgan fingerprint density at radius 3 is 2.04 bits per heavy atom. The van der Waals surface area contributed by atoms with E-state index in [4.69, 9.17) is 4.74 Å². The van der Waals surface area contributed by atoms with Gasteiger partial charge < -0.3 is 9.64 Å². The minimum absolute atomic E-state index is 0.173. The summed E-state index contributed by atoms with van der Waals surface area (Å²) in [6.07, 6.45) is 3.30. The van der Waals surface area contributed by atoms with Gasteiger partial charge in [0.25, 0.3) is 5.91 Å². The van der Waals surface area contributed by atoms with Gasteiger partial charge in [-0.25, -0.2) is 4.79 Å². The second kappa shape index (κ2) is 9.31. The standard InChI is InChI=1S/C23H25NO4/c1-17(22(26)24-15-9-2-3-10-16-24)28-23(27)20-14-8-7-13-19(20)21(25)18-11-5-4-6-12-18/h4-8,11-14,17H,2-3,9-10,15-16H2,1H3. The summed E-state index contributed by atoms with van der Waals surface area (Å²) in [5, 5.41) is 0. The Kier molecular flexibility index (Phi) is 6.58. The number of benzene rings is 2. The zero-order valence-corrected chi connectivity index (χ0v) is 16.1. The number of ketones is 1. The number of ether oxygens (including phenoxy) is 1. The Labute approximate surface area is 165 Å². The third-order valence-electron chi connectivity index (χ3n) is 4.98. The quantitative estimate of drug-likeness (QED) is 0.584. The van der Waals surface area contributed by atoms with E-state index in [0.29, 0.717) is 18.7 Å². The summed E-state index contributed by atoms with van der Waals surface area (Å²) in [5.74, 6) is -1.09. The largest absolute Gasteiger partial charge is 0.449 e. The van der Waals surface area contributed by atoms with Crippen molar-refractivity contribution in [2.45, 2.75) is 38.7 Å². The number of esters is 1. The molecule has 1 heterocycles. The lowest BCUT2D eigenvalue weighted by molar-refractivity contribution is -0.139. The molecule has 0 aromatic heterocycles. The Bertz CT molecular complexity index is 839. The number of carbonyl (C=O) groups is 3. The molecule has 0 saturated carbocycles. The summed E-state index contributed by atoms with van der Waals surface area (Å²) in [4.78, 5) is 39.9. The van der Waals surface area contributed by atoms with Crippen LogP contribution in [0, 0.1) is 0 Å². The molecule has 146 valence electrons. The molecule has 0 N–H and O–H groups in total. The van der Waals surface area contributed by atoms with Crippen molar-refractivity contribution < 1.29 is 19.1 Å². The van der Waals surface area contributed by atoms with Crippen LogP contribution in [0.25, 0.3) is 0 Å². The molecule has 0 aliphatic carbocycles. The smallest absolute Gasteiger partial charge is 0.339 e. The van der Waals surface area contributed by atoms with Gasteiger partial charge in [0.05, 0.1) is 5.56 Å². The fraction of sp³-hybridized carbons (Fsp3) is 0.348. The van der Waals surface area contributed by atoms with Crippen molar-refractivity contribution in [3.8, 4) is 0 Å². The number of rotatable bonds is 5. The third-order valence-corrected chi connectivity index (χ3v) is 4.98. The number of carbonyl (C=O) groups excluding carboxylic acids is 3. The lowest BCUT2D eigenvalue weighted by Crippen LogP contribution is -2.40. The zero-order chi connectivity index (χ0) is 19.9. The number of nitrogens with zero attached hydrogens (tertiary/aromatic N) is 1. The fourth-order valence-corrected chi connectivity index (χ4v) is 3.43. The average Bonchev–Trinajstić information content (AvgIpc) is 3.02. The van der Waals surface area contributed by atoms with E-state index >= 15 is 0 Å². The van der Waals surface area contributed by atoms with Gasteiger partial charge in [-0.2, -0.15) is 0 Å². The first-order chi connectivity index (χ1) is 13.6. The van der Waals surface area contributed by atoms with E-state index in [1.54, 1.807) is 60.4 Å². The van der Waals surface area contributed by atoms with Gasteiger partial charge in [-0.1, -0.05) is 61.4 Å². The van der Waals surface area contributed by atoms with Crippen molar-refractivity contribution >= 4 is 17.7 Å². The highest BCUT2D eigenvalue weighted by molar-refractivity contribution is 6.14. The molecule has 5 heteroatoms. The molecular formula is C23H25NO4. The molecule has 1 unspecified atom stereocenters. The number of likely N-dealkylation sites (tertiary alicyclic amines) is 1. The molecule has 0 spiro atoms. The van der Waals surface area contributed by atoms with Crippen LogP contribution in [-0.4, -0.2) is 41.8 Å². The lowest BCUT2D eigenvalue weighted by atomic mass is 9.98. The molecule has 1 fully saturated rings. The van der Waals surface area contributed by atoms with Crippen LogP contribution in [0.3, 0.4) is 0 Å². The first-order valence-electron chi connectivity index (χ1n) is 9.76. The van der Waals surface area contributed by atoms with Gasteiger partial charge in [0.1, 0.15) is 0 Å². The topological polar surface area (TPSA) is 63.7 Å². The molecule has 28 heavy (non-hydrogen) atoms. The summed E-state index contributed by atoms with van der Waals surface area (Å²) in [6.45, 7) is 2.99. The van der Waals surface area contributed by atoms with Crippen LogP contribution in [0.4, 0.5) is 0 Å². The Morgan fingerprint density at radius 2 is 1.39 bits per heavy atom. The summed E-state index contributed by atoms with van der Waals surface area (Å²) in [6, 6.07) is 15.3. The summed E-state index contributed by atoms with van der Waals surface area (Å²) in [7, 11) is 0. The number of amides is 1. The predicted molar refractivity (Wildman–Crippen MR) is 106 cm³/mol. The van der Waals surface area contributed by atoms with Gasteiger partial charge in [0.15, 0.2) is 11.9 Å². The molecule has 2 aromatic rings. The van der Waals surface area contributed by atoms with Crippen molar-refractivity contribution in [2.24, 2.45) is 0 Å². The van der Waals surface area contributed by atoms with E-state index in [9.17, 15) is 14.4 Å². The number of hydrogen-bond donors (Lipinski definition) is 0. The molecule has 0 bridgehead atoms. The molecule has 1 saturated heterocycles. The minimum atomic E-state index is -0.884. The van der Waals surface area contributed by atoms with E-state index < -0.39 is 12.1 Å². The van der Waals surface area contributed by atoms with Crippen LogP contribution in [0.15, 0.2) is 54.6 Å². The van der Waals surface area contributed by atoms with E-state index in [2.05, 4.69) is 0 Å². The van der Waals surface area contributed by atoms with Crippen LogP contribution in [0.5, 0.6) is 0 Å². The van der Waals surface area contributed by atoms with Crippen LogP contribution < -0.4 is 0 Å². The van der Waals surface area contributed by atoms with Crippen LogP contribution in [0.1, 0.15) is 58.9 Å². The van der Waals surface area contributed by atoms with Crippen LogP contribution in [-0.2, 0) is 9.53 Å². The summed E-state index contributed by atoms with van der Waals surface area (Å²) < 4.78 is 5.44. The van der Waals surface area contributed by atoms with Crippen LogP contribution in [0.2, 0.25) is 0 Å². The molecule has 0 radical (unpaired) electrons. The molecule has 1 aliphatic heterocycles. The molecule has 1 aliphatic rings. The maximum absolute atomic E-state index is 12.8. The van der Waals surface area contributed by atoms with Gasteiger partial charge >= 0.3 is 5.97 Å². The third kappa shape index (κ3) is 4.66. The lowest BCUT2D eigenvalue weighted by Gasteiger charge is -2.24. The molecule has 5 nitrogen and oxygen atoms in total. The zero-order valence-electron chi connectivity index (χ0n) is 16.1. The SMILES string of the molecule is CC(OC(=O)c1ccccc1C(=O)c1ccccc1)C(=O)N1CCCCCC1. The molecule has 1 amide bonds. The van der Waals surface area contributed by atoms with Gasteiger partial charge in [-0.3, -0.25) is 9.59 Å². The molecule has 3 rings (SSSR count). The van der Waals surface area contributed by atoms with E-state index in [0.717, 1.165) is 25.7 Å². The van der Waals surface area contributed by atoms with E-state index in [-0.39, 0.29) is 22.8 Å². The van der Waals surface area contributed by atoms with Gasteiger partial charge in [0, 0.05) is 24.2 Å². The monoisotopic (exact) mass is 379 g/mol. The molecular weight excluding hydrogens is 354 g/mol. The number of hydrogen-bond acceptors (Lipinski definition) is 4. The van der Waals surface area contributed by atoms with Crippen molar-refractivity contribution in [3.05, 3.63) is 71.3 Å². The highest BCUT2D eigenvalue weighted by Gasteiger charge is 2.26. The van der Waals surface area contributed by atoms with E-state index in [1.807, 2.05) is 6.07 Å². The molecule has 1 atom stereocenters.